The van der Waals surface area contributed by atoms with E-state index in [-0.39, 0.29) is 16.8 Å². The van der Waals surface area contributed by atoms with Crippen molar-refractivity contribution in [2.24, 2.45) is 0 Å². The van der Waals surface area contributed by atoms with E-state index in [9.17, 15) is 13.2 Å². The van der Waals surface area contributed by atoms with Crippen molar-refractivity contribution >= 4 is 32.4 Å². The molecule has 30 heavy (non-hydrogen) atoms. The third kappa shape index (κ3) is 4.28. The number of carbonyl (C=O) groups is 1. The Morgan fingerprint density at radius 3 is 2.57 bits per heavy atom. The molecule has 3 aromatic rings. The zero-order valence-electron chi connectivity index (χ0n) is 16.5. The van der Waals surface area contributed by atoms with Gasteiger partial charge in [-0.3, -0.25) is 15.1 Å². The highest BCUT2D eigenvalue weighted by Gasteiger charge is 2.30. The SMILES string of the molecule is CC1CCCCN1S(=O)(=O)c1ccc(C(=O)Nc2nc(-c3ccncc3)cs2)cc1. The highest BCUT2D eigenvalue weighted by Crippen LogP contribution is 2.26. The van der Waals surface area contributed by atoms with Gasteiger partial charge >= 0.3 is 0 Å². The van der Waals surface area contributed by atoms with Gasteiger partial charge in [0.2, 0.25) is 10.0 Å². The molecule has 1 fully saturated rings. The van der Waals surface area contributed by atoms with Crippen molar-refractivity contribution < 1.29 is 13.2 Å². The van der Waals surface area contributed by atoms with Gasteiger partial charge in [-0.15, -0.1) is 11.3 Å². The Hall–Kier alpha value is -2.62. The van der Waals surface area contributed by atoms with Gasteiger partial charge in [-0.2, -0.15) is 4.31 Å². The van der Waals surface area contributed by atoms with E-state index < -0.39 is 10.0 Å². The first kappa shape index (κ1) is 20.6. The van der Waals surface area contributed by atoms with Crippen LogP contribution >= 0.6 is 11.3 Å². The molecule has 1 unspecified atom stereocenters. The lowest BCUT2D eigenvalue weighted by Crippen LogP contribution is -2.41. The average Bonchev–Trinajstić information content (AvgIpc) is 3.23. The molecule has 9 heteroatoms. The smallest absolute Gasteiger partial charge is 0.257 e. The second-order valence-corrected chi connectivity index (χ2v) is 9.96. The summed E-state index contributed by atoms with van der Waals surface area (Å²) in [5.41, 5.74) is 2.05. The minimum absolute atomic E-state index is 0.00813. The number of piperidine rings is 1. The van der Waals surface area contributed by atoms with Crippen LogP contribution in [-0.4, -0.2) is 41.2 Å². The summed E-state index contributed by atoms with van der Waals surface area (Å²) in [5.74, 6) is -0.332. The van der Waals surface area contributed by atoms with Crippen LogP contribution in [0.1, 0.15) is 36.5 Å². The molecule has 7 nitrogen and oxygen atoms in total. The summed E-state index contributed by atoms with van der Waals surface area (Å²) in [6, 6.07) is 9.76. The molecule has 1 atom stereocenters. The van der Waals surface area contributed by atoms with E-state index in [2.05, 4.69) is 15.3 Å². The first-order chi connectivity index (χ1) is 14.4. The summed E-state index contributed by atoms with van der Waals surface area (Å²) in [5, 5.41) is 5.11. The predicted molar refractivity (Wildman–Crippen MR) is 117 cm³/mol. The summed E-state index contributed by atoms with van der Waals surface area (Å²) in [7, 11) is -3.55. The monoisotopic (exact) mass is 442 g/mol. The van der Waals surface area contributed by atoms with E-state index in [0.29, 0.717) is 17.2 Å². The summed E-state index contributed by atoms with van der Waals surface area (Å²) in [6.45, 7) is 2.47. The molecule has 0 radical (unpaired) electrons. The van der Waals surface area contributed by atoms with Gasteiger partial charge in [0.1, 0.15) is 0 Å². The Morgan fingerprint density at radius 2 is 1.87 bits per heavy atom. The highest BCUT2D eigenvalue weighted by atomic mass is 32.2. The van der Waals surface area contributed by atoms with E-state index in [1.54, 1.807) is 16.7 Å². The van der Waals surface area contributed by atoms with E-state index in [1.807, 2.05) is 24.4 Å². The van der Waals surface area contributed by atoms with Crippen LogP contribution < -0.4 is 5.32 Å². The van der Waals surface area contributed by atoms with E-state index in [0.717, 1.165) is 30.5 Å². The van der Waals surface area contributed by atoms with Crippen LogP contribution in [0.15, 0.2) is 59.1 Å². The number of hydrogen-bond donors (Lipinski definition) is 1. The Balaban J connectivity index is 1.46. The van der Waals surface area contributed by atoms with E-state index in [1.165, 1.54) is 35.6 Å². The highest BCUT2D eigenvalue weighted by molar-refractivity contribution is 7.89. The maximum atomic E-state index is 12.9. The number of amides is 1. The van der Waals surface area contributed by atoms with Gasteiger partial charge in [0, 0.05) is 41.5 Å². The van der Waals surface area contributed by atoms with Gasteiger partial charge in [0.05, 0.1) is 10.6 Å². The first-order valence-electron chi connectivity index (χ1n) is 9.74. The molecule has 1 aromatic carbocycles. The lowest BCUT2D eigenvalue weighted by atomic mass is 10.1. The molecule has 0 spiro atoms. The number of hydrogen-bond acceptors (Lipinski definition) is 6. The number of thiazole rings is 1. The largest absolute Gasteiger partial charge is 0.298 e. The topological polar surface area (TPSA) is 92.3 Å². The molecule has 0 bridgehead atoms. The van der Waals surface area contributed by atoms with E-state index >= 15 is 0 Å². The fourth-order valence-electron chi connectivity index (χ4n) is 3.50. The molecule has 1 amide bonds. The number of sulfonamides is 1. The van der Waals surface area contributed by atoms with Crippen LogP contribution in [0, 0.1) is 0 Å². The lowest BCUT2D eigenvalue weighted by molar-refractivity contribution is 0.102. The molecule has 0 aliphatic carbocycles. The van der Waals surface area contributed by atoms with Crippen LogP contribution in [-0.2, 0) is 10.0 Å². The normalized spacial score (nSPS) is 17.6. The number of pyridine rings is 1. The number of anilines is 1. The van der Waals surface area contributed by atoms with Crippen LogP contribution in [0.5, 0.6) is 0 Å². The summed E-state index contributed by atoms with van der Waals surface area (Å²) in [4.78, 5) is 21.2. The fourth-order valence-corrected chi connectivity index (χ4v) is 5.91. The third-order valence-electron chi connectivity index (χ3n) is 5.17. The minimum Gasteiger partial charge on any atom is -0.298 e. The number of aromatic nitrogens is 2. The van der Waals surface area contributed by atoms with Crippen molar-refractivity contribution in [1.29, 1.82) is 0 Å². The minimum atomic E-state index is -3.55. The van der Waals surface area contributed by atoms with Crippen LogP contribution in [0.25, 0.3) is 11.3 Å². The molecule has 3 heterocycles. The number of rotatable bonds is 5. The Bertz CT molecular complexity index is 1130. The maximum Gasteiger partial charge on any atom is 0.257 e. The van der Waals surface area contributed by atoms with Crippen molar-refractivity contribution in [1.82, 2.24) is 14.3 Å². The van der Waals surface area contributed by atoms with Gasteiger partial charge in [-0.25, -0.2) is 13.4 Å². The Kier molecular flexibility index (Phi) is 5.94. The first-order valence-corrected chi connectivity index (χ1v) is 12.1. The molecule has 1 aliphatic rings. The van der Waals surface area contributed by atoms with Crippen LogP contribution in [0.3, 0.4) is 0 Å². The standard InChI is InChI=1S/C21H22N4O3S2/c1-15-4-2-3-13-25(15)30(27,28)18-7-5-17(6-8-18)20(26)24-21-23-19(14-29-21)16-9-11-22-12-10-16/h5-12,14-15H,2-4,13H2,1H3,(H,23,24,26). The molecule has 156 valence electrons. The molecule has 2 aromatic heterocycles. The van der Waals surface area contributed by atoms with Gasteiger partial charge in [-0.1, -0.05) is 6.42 Å². The van der Waals surface area contributed by atoms with Crippen molar-refractivity contribution in [3.8, 4) is 11.3 Å². The second kappa shape index (κ2) is 8.63. The third-order valence-corrected chi connectivity index (χ3v) is 7.95. The van der Waals surface area contributed by atoms with Crippen molar-refractivity contribution in [3.63, 3.8) is 0 Å². The molecule has 1 saturated heterocycles. The fraction of sp³-hybridized carbons (Fsp3) is 0.286. The van der Waals surface area contributed by atoms with Crippen molar-refractivity contribution in [2.75, 3.05) is 11.9 Å². The van der Waals surface area contributed by atoms with Gasteiger partial charge in [0.25, 0.3) is 5.91 Å². The molecule has 1 N–H and O–H groups in total. The Morgan fingerprint density at radius 1 is 1.13 bits per heavy atom. The molecule has 4 rings (SSSR count). The van der Waals surface area contributed by atoms with Gasteiger partial charge < -0.3 is 0 Å². The number of nitrogens with one attached hydrogen (secondary N) is 1. The van der Waals surface area contributed by atoms with Crippen molar-refractivity contribution in [2.45, 2.75) is 37.1 Å². The zero-order valence-corrected chi connectivity index (χ0v) is 18.1. The number of carbonyl (C=O) groups excluding carboxylic acids is 1. The van der Waals surface area contributed by atoms with Crippen molar-refractivity contribution in [3.05, 3.63) is 59.7 Å². The molecule has 0 saturated carbocycles. The van der Waals surface area contributed by atoms with Crippen LogP contribution in [0.2, 0.25) is 0 Å². The molecule has 1 aliphatic heterocycles. The van der Waals surface area contributed by atoms with Crippen LogP contribution in [0.4, 0.5) is 5.13 Å². The van der Waals surface area contributed by atoms with Gasteiger partial charge in [-0.05, 0) is 56.2 Å². The molecular weight excluding hydrogens is 420 g/mol. The lowest BCUT2D eigenvalue weighted by Gasteiger charge is -2.32. The number of benzene rings is 1. The molecular formula is C21H22N4O3S2. The Labute approximate surface area is 179 Å². The zero-order chi connectivity index (χ0) is 21.1. The summed E-state index contributed by atoms with van der Waals surface area (Å²) < 4.78 is 27.4. The van der Waals surface area contributed by atoms with E-state index in [4.69, 9.17) is 0 Å². The average molecular weight is 443 g/mol. The van der Waals surface area contributed by atoms with Gasteiger partial charge in [0.15, 0.2) is 5.13 Å². The maximum absolute atomic E-state index is 12.9. The summed E-state index contributed by atoms with van der Waals surface area (Å²) in [6.07, 6.45) is 6.17. The predicted octanol–water partition coefficient (Wildman–Crippen LogP) is 4.02. The summed E-state index contributed by atoms with van der Waals surface area (Å²) >= 11 is 1.33. The number of nitrogens with zero attached hydrogens (tertiary/aromatic N) is 3. The second-order valence-electron chi connectivity index (χ2n) is 7.21. The quantitative estimate of drug-likeness (QED) is 0.644.